The van der Waals surface area contributed by atoms with Crippen molar-refractivity contribution in [2.45, 2.75) is 19.9 Å². The number of hydrogen-bond donors (Lipinski definition) is 1. The summed E-state index contributed by atoms with van der Waals surface area (Å²) in [7, 11) is 0. The van der Waals surface area contributed by atoms with Crippen LogP contribution in [0.5, 0.6) is 11.5 Å². The second-order valence-corrected chi connectivity index (χ2v) is 6.90. The number of aryl methyl sites for hydroxylation is 1. The van der Waals surface area contributed by atoms with Gasteiger partial charge >= 0.3 is 0 Å². The molecule has 0 aliphatic rings. The van der Waals surface area contributed by atoms with Crippen molar-refractivity contribution in [2.75, 3.05) is 18.5 Å². The molecule has 2 heterocycles. The summed E-state index contributed by atoms with van der Waals surface area (Å²) in [4.78, 5) is 21.5. The molecule has 2 aromatic heterocycles. The molecule has 158 valence electrons. The molecular formula is C24H24N4O3. The van der Waals surface area contributed by atoms with Gasteiger partial charge in [-0.1, -0.05) is 12.1 Å². The molecule has 2 aromatic carbocycles. The largest absolute Gasteiger partial charge is 0.456 e. The lowest BCUT2D eigenvalue weighted by molar-refractivity contribution is 0.102. The molecule has 0 saturated heterocycles. The normalized spacial score (nSPS) is 10.9. The van der Waals surface area contributed by atoms with Crippen LogP contribution in [0.1, 0.15) is 23.7 Å². The number of amides is 1. The van der Waals surface area contributed by atoms with E-state index in [9.17, 15) is 4.79 Å². The van der Waals surface area contributed by atoms with E-state index in [2.05, 4.69) is 15.3 Å². The molecule has 0 bridgehead atoms. The maximum absolute atomic E-state index is 12.8. The first-order chi connectivity index (χ1) is 15.2. The summed E-state index contributed by atoms with van der Waals surface area (Å²) in [5.74, 6) is 1.57. The van der Waals surface area contributed by atoms with Gasteiger partial charge in [0.2, 0.25) is 5.95 Å². The van der Waals surface area contributed by atoms with Crippen molar-refractivity contribution in [1.29, 1.82) is 0 Å². The molecular weight excluding hydrogens is 392 g/mol. The van der Waals surface area contributed by atoms with E-state index in [4.69, 9.17) is 9.47 Å². The van der Waals surface area contributed by atoms with Crippen molar-refractivity contribution in [2.24, 2.45) is 0 Å². The van der Waals surface area contributed by atoms with Crippen LogP contribution in [0.25, 0.3) is 11.0 Å². The van der Waals surface area contributed by atoms with Gasteiger partial charge in [-0.05, 0) is 61.9 Å². The second-order valence-electron chi connectivity index (χ2n) is 6.90. The number of carbonyl (C=O) groups is 1. The monoisotopic (exact) mass is 416 g/mol. The van der Waals surface area contributed by atoms with E-state index in [0.717, 1.165) is 17.5 Å². The Morgan fingerprint density at radius 3 is 2.65 bits per heavy atom. The molecule has 4 rings (SSSR count). The van der Waals surface area contributed by atoms with Crippen molar-refractivity contribution >= 4 is 22.9 Å². The predicted octanol–water partition coefficient (Wildman–Crippen LogP) is 4.90. The van der Waals surface area contributed by atoms with E-state index in [1.54, 1.807) is 42.7 Å². The van der Waals surface area contributed by atoms with Gasteiger partial charge in [0.25, 0.3) is 5.91 Å². The van der Waals surface area contributed by atoms with Crippen molar-refractivity contribution in [3.05, 3.63) is 78.6 Å². The van der Waals surface area contributed by atoms with Gasteiger partial charge in [-0.3, -0.25) is 15.1 Å². The van der Waals surface area contributed by atoms with E-state index in [1.807, 2.05) is 41.8 Å². The molecule has 1 amide bonds. The van der Waals surface area contributed by atoms with E-state index in [-0.39, 0.29) is 5.91 Å². The highest BCUT2D eigenvalue weighted by Crippen LogP contribution is 2.23. The van der Waals surface area contributed by atoms with Crippen LogP contribution < -0.4 is 10.1 Å². The number of pyridine rings is 1. The minimum absolute atomic E-state index is 0.228. The topological polar surface area (TPSA) is 78.3 Å². The van der Waals surface area contributed by atoms with E-state index >= 15 is 0 Å². The molecule has 0 fully saturated rings. The van der Waals surface area contributed by atoms with Crippen LogP contribution >= 0.6 is 0 Å². The zero-order chi connectivity index (χ0) is 21.5. The van der Waals surface area contributed by atoms with E-state index in [1.165, 1.54) is 0 Å². The third-order valence-corrected chi connectivity index (χ3v) is 4.74. The predicted molar refractivity (Wildman–Crippen MR) is 120 cm³/mol. The van der Waals surface area contributed by atoms with Gasteiger partial charge in [0, 0.05) is 31.5 Å². The molecule has 7 nitrogen and oxygen atoms in total. The molecule has 1 N–H and O–H groups in total. The smallest absolute Gasteiger partial charge is 0.257 e. The second kappa shape index (κ2) is 9.86. The Bertz CT molecular complexity index is 1140. The number of nitrogens with one attached hydrogen (secondary N) is 1. The number of ether oxygens (including phenoxy) is 2. The third-order valence-electron chi connectivity index (χ3n) is 4.74. The summed E-state index contributed by atoms with van der Waals surface area (Å²) in [6, 6.07) is 18.4. The van der Waals surface area contributed by atoms with Crippen LogP contribution in [0.3, 0.4) is 0 Å². The van der Waals surface area contributed by atoms with Crippen LogP contribution in [-0.2, 0) is 11.3 Å². The lowest BCUT2D eigenvalue weighted by Gasteiger charge is -2.11. The van der Waals surface area contributed by atoms with E-state index in [0.29, 0.717) is 42.8 Å². The number of fused-ring (bicyclic) bond motifs is 1. The fourth-order valence-electron chi connectivity index (χ4n) is 3.26. The van der Waals surface area contributed by atoms with Crippen molar-refractivity contribution in [3.63, 3.8) is 0 Å². The SMILES string of the molecule is CCOCCCn1c(NC(=O)c2ccc(Oc3cccnc3)cc2)nc2ccccc21. The number of imidazole rings is 1. The van der Waals surface area contributed by atoms with E-state index < -0.39 is 0 Å². The molecule has 0 atom stereocenters. The molecule has 7 heteroatoms. The van der Waals surface area contributed by atoms with Crippen molar-refractivity contribution < 1.29 is 14.3 Å². The highest BCUT2D eigenvalue weighted by molar-refractivity contribution is 6.04. The summed E-state index contributed by atoms with van der Waals surface area (Å²) in [5, 5.41) is 2.95. The quantitative estimate of drug-likeness (QED) is 0.393. The molecule has 0 spiro atoms. The molecule has 31 heavy (non-hydrogen) atoms. The Kier molecular flexibility index (Phi) is 6.54. The Balaban J connectivity index is 1.48. The lowest BCUT2D eigenvalue weighted by Crippen LogP contribution is -2.16. The number of nitrogens with zero attached hydrogens (tertiary/aromatic N) is 3. The number of aromatic nitrogens is 3. The number of para-hydroxylation sites is 2. The maximum Gasteiger partial charge on any atom is 0.257 e. The van der Waals surface area contributed by atoms with Gasteiger partial charge < -0.3 is 14.0 Å². The average Bonchev–Trinajstić information content (AvgIpc) is 3.15. The number of benzene rings is 2. The summed E-state index contributed by atoms with van der Waals surface area (Å²) >= 11 is 0. The first-order valence-corrected chi connectivity index (χ1v) is 10.3. The zero-order valence-electron chi connectivity index (χ0n) is 17.3. The summed E-state index contributed by atoms with van der Waals surface area (Å²) in [6.45, 7) is 4.03. The van der Waals surface area contributed by atoms with Crippen LogP contribution in [0.4, 0.5) is 5.95 Å². The van der Waals surface area contributed by atoms with Gasteiger partial charge in [-0.2, -0.15) is 0 Å². The van der Waals surface area contributed by atoms with Crippen molar-refractivity contribution in [1.82, 2.24) is 14.5 Å². The molecule has 0 saturated carbocycles. The Hall–Kier alpha value is -3.71. The molecule has 0 radical (unpaired) electrons. The first-order valence-electron chi connectivity index (χ1n) is 10.3. The molecule has 0 aliphatic heterocycles. The molecule has 0 unspecified atom stereocenters. The standard InChI is InChI=1S/C24H24N4O3/c1-2-30-16-6-15-28-22-9-4-3-8-21(22)26-24(28)27-23(29)18-10-12-19(13-11-18)31-20-7-5-14-25-17-20/h3-5,7-14,17H,2,6,15-16H2,1H3,(H,26,27,29). The summed E-state index contributed by atoms with van der Waals surface area (Å²) in [5.41, 5.74) is 2.34. The van der Waals surface area contributed by atoms with Crippen LogP contribution in [0.2, 0.25) is 0 Å². The molecule has 0 aliphatic carbocycles. The van der Waals surface area contributed by atoms with Crippen LogP contribution in [-0.4, -0.2) is 33.7 Å². The fourth-order valence-corrected chi connectivity index (χ4v) is 3.26. The van der Waals surface area contributed by atoms with Gasteiger partial charge in [0.05, 0.1) is 17.2 Å². The van der Waals surface area contributed by atoms with Gasteiger partial charge in [0.15, 0.2) is 0 Å². The third kappa shape index (κ3) is 5.07. The zero-order valence-corrected chi connectivity index (χ0v) is 17.3. The molecule has 4 aromatic rings. The summed E-state index contributed by atoms with van der Waals surface area (Å²) in [6.07, 6.45) is 4.15. The minimum Gasteiger partial charge on any atom is -0.456 e. The van der Waals surface area contributed by atoms with Crippen LogP contribution in [0, 0.1) is 0 Å². The number of anilines is 1. The Labute approximate surface area is 180 Å². The van der Waals surface area contributed by atoms with Crippen molar-refractivity contribution in [3.8, 4) is 11.5 Å². The highest BCUT2D eigenvalue weighted by Gasteiger charge is 2.14. The number of carbonyl (C=O) groups excluding carboxylic acids is 1. The Morgan fingerprint density at radius 1 is 1.03 bits per heavy atom. The average molecular weight is 416 g/mol. The minimum atomic E-state index is -0.228. The first kappa shape index (κ1) is 20.6. The van der Waals surface area contributed by atoms with Gasteiger partial charge in [-0.25, -0.2) is 4.98 Å². The highest BCUT2D eigenvalue weighted by atomic mass is 16.5. The van der Waals surface area contributed by atoms with Gasteiger partial charge in [-0.15, -0.1) is 0 Å². The fraction of sp³-hybridized carbons (Fsp3) is 0.208. The maximum atomic E-state index is 12.8. The number of rotatable bonds is 9. The summed E-state index contributed by atoms with van der Waals surface area (Å²) < 4.78 is 13.2. The van der Waals surface area contributed by atoms with Gasteiger partial charge in [0.1, 0.15) is 11.5 Å². The lowest BCUT2D eigenvalue weighted by atomic mass is 10.2. The Morgan fingerprint density at radius 2 is 1.87 bits per heavy atom. The van der Waals surface area contributed by atoms with Crippen LogP contribution in [0.15, 0.2) is 73.1 Å². The number of hydrogen-bond acceptors (Lipinski definition) is 5.